The smallest absolute Gasteiger partial charge is 0.475 e. The van der Waals surface area contributed by atoms with Gasteiger partial charge in [0.1, 0.15) is 11.9 Å². The number of carbonyl (C=O) groups excluding carboxylic acids is 1. The zero-order valence-electron chi connectivity index (χ0n) is 21.8. The Kier molecular flexibility index (Phi) is 9.64. The van der Waals surface area contributed by atoms with Gasteiger partial charge in [-0.3, -0.25) is 14.2 Å². The van der Waals surface area contributed by atoms with Crippen molar-refractivity contribution < 1.29 is 32.3 Å². The van der Waals surface area contributed by atoms with Gasteiger partial charge in [-0.15, -0.1) is 0 Å². The molecule has 0 spiro atoms. The number of carboxylic acid groups (broad SMARTS) is 1. The van der Waals surface area contributed by atoms with Gasteiger partial charge < -0.3 is 21.5 Å². The molecule has 0 saturated carbocycles. The molecule has 40 heavy (non-hydrogen) atoms. The summed E-state index contributed by atoms with van der Waals surface area (Å²) in [7, 11) is 0. The summed E-state index contributed by atoms with van der Waals surface area (Å²) in [6, 6.07) is 10.1. The number of aliphatic carboxylic acids is 1. The largest absolute Gasteiger partial charge is 0.490 e. The predicted octanol–water partition coefficient (Wildman–Crippen LogP) is 3.51. The number of nitrogens with two attached hydrogens (primary N) is 1. The lowest BCUT2D eigenvalue weighted by Crippen LogP contribution is -2.36. The van der Waals surface area contributed by atoms with E-state index < -0.39 is 18.2 Å². The SMILES string of the molecule is Cc1cc(F)cc(CNc2ncc3n(c2=O)[C@H](C(=O)NCc2ccc(CN)cc2C)CC3)c1.O=C(O)C(F)(F)F. The van der Waals surface area contributed by atoms with Gasteiger partial charge in [-0.1, -0.05) is 24.3 Å². The van der Waals surface area contributed by atoms with Gasteiger partial charge in [0, 0.05) is 31.5 Å². The molecule has 5 N–H and O–H groups in total. The number of halogens is 4. The maximum atomic E-state index is 13.7. The summed E-state index contributed by atoms with van der Waals surface area (Å²) in [5.41, 5.74) is 10.7. The van der Waals surface area contributed by atoms with Crippen LogP contribution in [0.3, 0.4) is 0 Å². The second-order valence-electron chi connectivity index (χ2n) is 9.30. The van der Waals surface area contributed by atoms with Crippen molar-refractivity contribution in [3.63, 3.8) is 0 Å². The Morgan fingerprint density at radius 3 is 2.42 bits per heavy atom. The molecule has 1 aromatic heterocycles. The molecule has 0 saturated heterocycles. The molecule has 4 rings (SSSR count). The first kappa shape index (κ1) is 30.3. The van der Waals surface area contributed by atoms with Crippen LogP contribution in [0.2, 0.25) is 0 Å². The highest BCUT2D eigenvalue weighted by atomic mass is 19.4. The number of nitrogens with zero attached hydrogens (tertiary/aromatic N) is 2. The van der Waals surface area contributed by atoms with E-state index in [4.69, 9.17) is 15.6 Å². The fourth-order valence-corrected chi connectivity index (χ4v) is 4.29. The Morgan fingerprint density at radius 2 is 1.82 bits per heavy atom. The molecule has 1 amide bonds. The van der Waals surface area contributed by atoms with Crippen LogP contribution < -0.4 is 21.9 Å². The van der Waals surface area contributed by atoms with E-state index in [1.165, 1.54) is 16.7 Å². The van der Waals surface area contributed by atoms with Gasteiger partial charge in [0.25, 0.3) is 5.56 Å². The quantitative estimate of drug-likeness (QED) is 0.323. The number of aromatic nitrogens is 2. The number of hydrogen-bond acceptors (Lipinski definition) is 6. The molecule has 0 fully saturated rings. The van der Waals surface area contributed by atoms with Crippen molar-refractivity contribution in [2.45, 2.75) is 58.5 Å². The van der Waals surface area contributed by atoms with Crippen LogP contribution in [0, 0.1) is 19.7 Å². The van der Waals surface area contributed by atoms with Crippen LogP contribution in [0.15, 0.2) is 47.4 Å². The number of carboxylic acids is 1. The van der Waals surface area contributed by atoms with Crippen LogP contribution in [0.4, 0.5) is 23.4 Å². The number of fused-ring (bicyclic) bond motifs is 1. The molecule has 1 aliphatic rings. The number of anilines is 1. The van der Waals surface area contributed by atoms with E-state index in [2.05, 4.69) is 15.6 Å². The highest BCUT2D eigenvalue weighted by molar-refractivity contribution is 5.81. The minimum Gasteiger partial charge on any atom is -0.475 e. The zero-order chi connectivity index (χ0) is 29.6. The molecule has 0 radical (unpaired) electrons. The van der Waals surface area contributed by atoms with Gasteiger partial charge in [-0.2, -0.15) is 13.2 Å². The third-order valence-corrected chi connectivity index (χ3v) is 6.26. The lowest BCUT2D eigenvalue weighted by molar-refractivity contribution is -0.192. The van der Waals surface area contributed by atoms with E-state index in [1.807, 2.05) is 38.1 Å². The van der Waals surface area contributed by atoms with Gasteiger partial charge in [0.15, 0.2) is 5.82 Å². The van der Waals surface area contributed by atoms with Crippen LogP contribution in [0.5, 0.6) is 0 Å². The van der Waals surface area contributed by atoms with Crippen molar-refractivity contribution in [1.82, 2.24) is 14.9 Å². The molecule has 214 valence electrons. The molecular formula is C27H29F4N5O4. The molecule has 1 atom stereocenters. The number of amides is 1. The fourth-order valence-electron chi connectivity index (χ4n) is 4.29. The number of nitrogens with one attached hydrogen (secondary N) is 2. The summed E-state index contributed by atoms with van der Waals surface area (Å²) in [6.07, 6.45) is -2.31. The maximum absolute atomic E-state index is 13.7. The summed E-state index contributed by atoms with van der Waals surface area (Å²) in [6.45, 7) is 4.91. The van der Waals surface area contributed by atoms with Gasteiger partial charge >= 0.3 is 12.1 Å². The lowest BCUT2D eigenvalue weighted by atomic mass is 10.0. The summed E-state index contributed by atoms with van der Waals surface area (Å²) in [5.74, 6) is -3.13. The molecule has 2 heterocycles. The van der Waals surface area contributed by atoms with E-state index in [0.29, 0.717) is 31.5 Å². The van der Waals surface area contributed by atoms with Crippen molar-refractivity contribution in [3.8, 4) is 0 Å². The van der Waals surface area contributed by atoms with Gasteiger partial charge in [0.2, 0.25) is 5.91 Å². The molecule has 13 heteroatoms. The minimum atomic E-state index is -5.08. The third kappa shape index (κ3) is 7.65. The average Bonchev–Trinajstić information content (AvgIpc) is 3.32. The van der Waals surface area contributed by atoms with E-state index in [1.54, 1.807) is 6.20 Å². The third-order valence-electron chi connectivity index (χ3n) is 6.26. The number of alkyl halides is 3. The topological polar surface area (TPSA) is 139 Å². The molecule has 0 bridgehead atoms. The number of carbonyl (C=O) groups is 2. The van der Waals surface area contributed by atoms with Crippen molar-refractivity contribution in [3.05, 3.63) is 92.3 Å². The van der Waals surface area contributed by atoms with Crippen molar-refractivity contribution in [2.24, 2.45) is 5.73 Å². The second-order valence-corrected chi connectivity index (χ2v) is 9.30. The molecule has 9 nitrogen and oxygen atoms in total. The Labute approximate surface area is 227 Å². The van der Waals surface area contributed by atoms with Crippen LogP contribution in [-0.2, 0) is 35.6 Å². The first-order valence-corrected chi connectivity index (χ1v) is 12.3. The number of rotatable bonds is 7. The second kappa shape index (κ2) is 12.7. The van der Waals surface area contributed by atoms with Gasteiger partial charge in [-0.05, 0) is 66.6 Å². The first-order valence-electron chi connectivity index (χ1n) is 12.3. The maximum Gasteiger partial charge on any atom is 0.490 e. The fraction of sp³-hybridized carbons (Fsp3) is 0.333. The Morgan fingerprint density at radius 1 is 1.12 bits per heavy atom. The number of benzene rings is 2. The molecule has 0 unspecified atom stereocenters. The van der Waals surface area contributed by atoms with E-state index >= 15 is 0 Å². The van der Waals surface area contributed by atoms with E-state index in [-0.39, 0.29) is 29.6 Å². The molecule has 1 aliphatic heterocycles. The van der Waals surface area contributed by atoms with Gasteiger partial charge in [-0.25, -0.2) is 14.2 Å². The van der Waals surface area contributed by atoms with Gasteiger partial charge in [0.05, 0.1) is 0 Å². The van der Waals surface area contributed by atoms with Crippen molar-refractivity contribution in [1.29, 1.82) is 0 Å². The summed E-state index contributed by atoms with van der Waals surface area (Å²) >= 11 is 0. The Hall–Kier alpha value is -4.26. The summed E-state index contributed by atoms with van der Waals surface area (Å²) in [5, 5.41) is 13.1. The van der Waals surface area contributed by atoms with Crippen molar-refractivity contribution >= 4 is 17.7 Å². The Bertz CT molecular complexity index is 1440. The molecular weight excluding hydrogens is 534 g/mol. The van der Waals surface area contributed by atoms with E-state index in [0.717, 1.165) is 27.9 Å². The lowest BCUT2D eigenvalue weighted by Gasteiger charge is -2.16. The monoisotopic (exact) mass is 563 g/mol. The van der Waals surface area contributed by atoms with Crippen LogP contribution in [0.25, 0.3) is 0 Å². The highest BCUT2D eigenvalue weighted by Crippen LogP contribution is 2.24. The van der Waals surface area contributed by atoms with Crippen LogP contribution in [0.1, 0.15) is 46.0 Å². The van der Waals surface area contributed by atoms with Crippen molar-refractivity contribution in [2.75, 3.05) is 5.32 Å². The normalized spacial score (nSPS) is 14.1. The summed E-state index contributed by atoms with van der Waals surface area (Å²) in [4.78, 5) is 39.2. The minimum absolute atomic E-state index is 0.147. The summed E-state index contributed by atoms with van der Waals surface area (Å²) < 4.78 is 46.9. The predicted molar refractivity (Wildman–Crippen MR) is 139 cm³/mol. The molecule has 2 aromatic carbocycles. The first-order chi connectivity index (χ1) is 18.8. The standard InChI is InChI=1S/C25H28FN5O2.C2HF3O2/c1-15-7-18(10-20(26)8-15)12-28-23-25(33)31-21(14-29-23)5-6-22(31)24(32)30-13-19-4-3-17(11-27)9-16(19)2;3-2(4,5)1(6)7/h3-4,7-10,14,22H,5-6,11-13,27H2,1-2H3,(H,28,29)(H,30,32);(H,6,7)/t22-;/m0./s1. The van der Waals surface area contributed by atoms with Crippen LogP contribution >= 0.6 is 0 Å². The number of aryl methyl sites for hydroxylation is 3. The molecule has 0 aliphatic carbocycles. The van der Waals surface area contributed by atoms with E-state index in [9.17, 15) is 27.2 Å². The average molecular weight is 564 g/mol. The highest BCUT2D eigenvalue weighted by Gasteiger charge is 2.38. The van der Waals surface area contributed by atoms with Crippen LogP contribution in [-0.4, -0.2) is 32.7 Å². The number of hydrogen-bond donors (Lipinski definition) is 4. The molecule has 3 aromatic rings. The Balaban J connectivity index is 0.000000559. The zero-order valence-corrected chi connectivity index (χ0v) is 21.8.